The molecule has 10 heteroatoms. The molecule has 1 aliphatic heterocycles. The Balaban J connectivity index is 2.03. The highest BCUT2D eigenvalue weighted by Gasteiger charge is 2.27. The molecule has 1 saturated heterocycles. The Bertz CT molecular complexity index is 1050. The lowest BCUT2D eigenvalue weighted by Crippen LogP contribution is -2.49. The molecule has 0 aliphatic carbocycles. The fourth-order valence-electron chi connectivity index (χ4n) is 3.48. The molecule has 160 valence electrons. The Labute approximate surface area is 176 Å². The molecule has 1 fully saturated rings. The van der Waals surface area contributed by atoms with Crippen molar-refractivity contribution in [1.82, 2.24) is 14.3 Å². The van der Waals surface area contributed by atoms with Crippen LogP contribution in [-0.2, 0) is 34.2 Å². The van der Waals surface area contributed by atoms with Gasteiger partial charge in [-0.05, 0) is 11.6 Å². The predicted molar refractivity (Wildman–Crippen MR) is 110 cm³/mol. The number of hydrogen-bond acceptors (Lipinski definition) is 7. The molecule has 8 nitrogen and oxygen atoms in total. The standard InChI is InChI=1S/C20H24FN5O3S/c1-29-14-18-16(13-15-5-3-4-6-17(15)21)20(24-19(23-18)7-8-22)25-9-11-26(12-10-25)30(2,27)28/h3-6H,7,9-14H2,1-2H3. The second-order valence-electron chi connectivity index (χ2n) is 7.07. The van der Waals surface area contributed by atoms with E-state index in [0.717, 1.165) is 5.56 Å². The van der Waals surface area contributed by atoms with Crippen molar-refractivity contribution in [1.29, 1.82) is 5.26 Å². The van der Waals surface area contributed by atoms with Crippen molar-refractivity contribution in [2.75, 3.05) is 44.4 Å². The molecule has 1 aromatic heterocycles. The summed E-state index contributed by atoms with van der Waals surface area (Å²) in [5.74, 6) is 0.635. The average Bonchev–Trinajstić information content (AvgIpc) is 2.71. The van der Waals surface area contributed by atoms with Crippen LogP contribution in [-0.4, -0.2) is 62.2 Å². The maximum atomic E-state index is 14.3. The van der Waals surface area contributed by atoms with Crippen molar-refractivity contribution in [2.45, 2.75) is 19.4 Å². The van der Waals surface area contributed by atoms with Gasteiger partial charge in [0.15, 0.2) is 0 Å². The molecule has 30 heavy (non-hydrogen) atoms. The number of benzene rings is 1. The van der Waals surface area contributed by atoms with E-state index in [2.05, 4.69) is 16.0 Å². The molecule has 0 spiro atoms. The summed E-state index contributed by atoms with van der Waals surface area (Å²) in [4.78, 5) is 11.0. The quantitative estimate of drug-likeness (QED) is 0.652. The topological polar surface area (TPSA) is 99.4 Å². The Morgan fingerprint density at radius 2 is 1.90 bits per heavy atom. The van der Waals surface area contributed by atoms with Crippen LogP contribution in [0.3, 0.4) is 0 Å². The van der Waals surface area contributed by atoms with Crippen LogP contribution in [0, 0.1) is 17.1 Å². The number of nitrogens with zero attached hydrogens (tertiary/aromatic N) is 5. The minimum absolute atomic E-state index is 0.0347. The summed E-state index contributed by atoms with van der Waals surface area (Å²) in [6.45, 7) is 1.73. The summed E-state index contributed by atoms with van der Waals surface area (Å²) in [5.41, 5.74) is 1.82. The first-order valence-corrected chi connectivity index (χ1v) is 11.4. The molecule has 0 saturated carbocycles. The maximum Gasteiger partial charge on any atom is 0.211 e. The monoisotopic (exact) mass is 433 g/mol. The first-order chi connectivity index (χ1) is 14.3. The third kappa shape index (κ3) is 5.11. The minimum atomic E-state index is -3.27. The molecule has 0 unspecified atom stereocenters. The van der Waals surface area contributed by atoms with Gasteiger partial charge in [0, 0.05) is 45.3 Å². The number of rotatable bonds is 7. The Hall–Kier alpha value is -2.61. The number of halogens is 1. The van der Waals surface area contributed by atoms with E-state index in [0.29, 0.717) is 49.1 Å². The molecular weight excluding hydrogens is 409 g/mol. The lowest BCUT2D eigenvalue weighted by molar-refractivity contribution is 0.180. The van der Waals surface area contributed by atoms with E-state index >= 15 is 0 Å². The van der Waals surface area contributed by atoms with Crippen LogP contribution in [0.15, 0.2) is 24.3 Å². The van der Waals surface area contributed by atoms with Crippen molar-refractivity contribution in [3.63, 3.8) is 0 Å². The van der Waals surface area contributed by atoms with Gasteiger partial charge >= 0.3 is 0 Å². The lowest BCUT2D eigenvalue weighted by Gasteiger charge is -2.35. The van der Waals surface area contributed by atoms with Gasteiger partial charge in [-0.25, -0.2) is 22.8 Å². The van der Waals surface area contributed by atoms with Crippen molar-refractivity contribution in [3.05, 3.63) is 52.7 Å². The smallest absolute Gasteiger partial charge is 0.211 e. The number of anilines is 1. The van der Waals surface area contributed by atoms with Gasteiger partial charge in [-0.15, -0.1) is 0 Å². The van der Waals surface area contributed by atoms with E-state index in [4.69, 9.17) is 10.00 Å². The summed E-state index contributed by atoms with van der Waals surface area (Å²) in [5, 5.41) is 9.11. The number of aromatic nitrogens is 2. The Kier molecular flexibility index (Phi) is 6.97. The van der Waals surface area contributed by atoms with Gasteiger partial charge in [0.05, 0.1) is 31.0 Å². The van der Waals surface area contributed by atoms with Crippen LogP contribution in [0.1, 0.15) is 22.6 Å². The maximum absolute atomic E-state index is 14.3. The highest BCUT2D eigenvalue weighted by atomic mass is 32.2. The van der Waals surface area contributed by atoms with E-state index in [1.807, 2.05) is 4.90 Å². The van der Waals surface area contributed by atoms with E-state index < -0.39 is 10.0 Å². The lowest BCUT2D eigenvalue weighted by atomic mass is 10.0. The summed E-state index contributed by atoms with van der Waals surface area (Å²) in [6.07, 6.45) is 1.49. The molecular formula is C20H24FN5O3S. The molecule has 0 N–H and O–H groups in total. The molecule has 0 bridgehead atoms. The average molecular weight is 434 g/mol. The van der Waals surface area contributed by atoms with Crippen LogP contribution in [0.25, 0.3) is 0 Å². The fourth-order valence-corrected chi connectivity index (χ4v) is 4.31. The number of methoxy groups -OCH3 is 1. The van der Waals surface area contributed by atoms with Crippen LogP contribution < -0.4 is 4.90 Å². The van der Waals surface area contributed by atoms with Gasteiger partial charge in [-0.3, -0.25) is 0 Å². The van der Waals surface area contributed by atoms with Gasteiger partial charge in [0.25, 0.3) is 0 Å². The number of piperazine rings is 1. The summed E-state index contributed by atoms with van der Waals surface area (Å²) in [6, 6.07) is 8.57. The second kappa shape index (κ2) is 9.47. The predicted octanol–water partition coefficient (Wildman–Crippen LogP) is 1.50. The van der Waals surface area contributed by atoms with Crippen molar-refractivity contribution in [2.24, 2.45) is 0 Å². The summed E-state index contributed by atoms with van der Waals surface area (Å²) in [7, 11) is -1.72. The fraction of sp³-hybridized carbons (Fsp3) is 0.450. The van der Waals surface area contributed by atoms with Crippen molar-refractivity contribution in [3.8, 4) is 6.07 Å². The second-order valence-corrected chi connectivity index (χ2v) is 9.06. The number of ether oxygens (including phenoxy) is 1. The van der Waals surface area contributed by atoms with E-state index in [1.54, 1.807) is 25.3 Å². The number of sulfonamides is 1. The van der Waals surface area contributed by atoms with Gasteiger partial charge < -0.3 is 9.64 Å². The van der Waals surface area contributed by atoms with Crippen molar-refractivity contribution >= 4 is 15.8 Å². The van der Waals surface area contributed by atoms with Crippen molar-refractivity contribution < 1.29 is 17.5 Å². The molecule has 2 aromatic rings. The van der Waals surface area contributed by atoms with Gasteiger partial charge in [-0.1, -0.05) is 18.2 Å². The molecule has 1 aromatic carbocycles. The molecule has 2 heterocycles. The first-order valence-electron chi connectivity index (χ1n) is 9.51. The van der Waals surface area contributed by atoms with Gasteiger partial charge in [0.1, 0.15) is 17.5 Å². The number of nitriles is 1. The molecule has 0 atom stereocenters. The normalized spacial score (nSPS) is 15.2. The van der Waals surface area contributed by atoms with E-state index in [-0.39, 0.29) is 25.3 Å². The molecule has 0 amide bonds. The molecule has 3 rings (SSSR count). The largest absolute Gasteiger partial charge is 0.378 e. The highest BCUT2D eigenvalue weighted by Crippen LogP contribution is 2.27. The first kappa shape index (κ1) is 22.1. The highest BCUT2D eigenvalue weighted by molar-refractivity contribution is 7.88. The summed E-state index contributed by atoms with van der Waals surface area (Å²) >= 11 is 0. The summed E-state index contributed by atoms with van der Waals surface area (Å²) < 4.78 is 44.8. The minimum Gasteiger partial charge on any atom is -0.378 e. The Morgan fingerprint density at radius 3 is 2.50 bits per heavy atom. The SMILES string of the molecule is COCc1nc(CC#N)nc(N2CCN(S(C)(=O)=O)CC2)c1Cc1ccccc1F. The zero-order chi connectivity index (χ0) is 21.7. The third-order valence-corrected chi connectivity index (χ3v) is 6.27. The van der Waals surface area contributed by atoms with Crippen LogP contribution in [0.5, 0.6) is 0 Å². The zero-order valence-electron chi connectivity index (χ0n) is 17.0. The van der Waals surface area contributed by atoms with E-state index in [1.165, 1.54) is 16.6 Å². The van der Waals surface area contributed by atoms with Crippen LogP contribution in [0.2, 0.25) is 0 Å². The van der Waals surface area contributed by atoms with Gasteiger partial charge in [-0.2, -0.15) is 9.57 Å². The molecule has 0 radical (unpaired) electrons. The zero-order valence-corrected chi connectivity index (χ0v) is 17.8. The number of hydrogen-bond donors (Lipinski definition) is 0. The van der Waals surface area contributed by atoms with Crippen LogP contribution >= 0.6 is 0 Å². The van der Waals surface area contributed by atoms with Gasteiger partial charge in [0.2, 0.25) is 10.0 Å². The Morgan fingerprint density at radius 1 is 1.20 bits per heavy atom. The molecule has 1 aliphatic rings. The third-order valence-electron chi connectivity index (χ3n) is 4.97. The van der Waals surface area contributed by atoms with E-state index in [9.17, 15) is 12.8 Å². The van der Waals surface area contributed by atoms with Crippen LogP contribution in [0.4, 0.5) is 10.2 Å².